The first-order valence-corrected chi connectivity index (χ1v) is 7.69. The van der Waals surface area contributed by atoms with Gasteiger partial charge in [0.25, 0.3) is 0 Å². The zero-order chi connectivity index (χ0) is 15.0. The number of halogens is 1. The normalized spacial score (nSPS) is 11.1. The quantitative estimate of drug-likeness (QED) is 0.706. The minimum absolute atomic E-state index is 0.643. The highest BCUT2D eigenvalue weighted by atomic mass is 35.5. The molecule has 0 atom stereocenters. The van der Waals surface area contributed by atoms with Gasteiger partial charge in [-0.15, -0.1) is 0 Å². The summed E-state index contributed by atoms with van der Waals surface area (Å²) in [5.41, 5.74) is 2.33. The maximum absolute atomic E-state index is 6.38. The van der Waals surface area contributed by atoms with E-state index in [1.165, 1.54) is 5.69 Å². The van der Waals surface area contributed by atoms with E-state index in [0.29, 0.717) is 12.5 Å². The van der Waals surface area contributed by atoms with Crippen molar-refractivity contribution >= 4 is 17.3 Å². The molecule has 0 spiro atoms. The fourth-order valence-corrected chi connectivity index (χ4v) is 2.37. The molecule has 0 fully saturated rings. The van der Waals surface area contributed by atoms with E-state index in [9.17, 15) is 0 Å². The Labute approximate surface area is 128 Å². The Morgan fingerprint density at radius 1 is 1.35 bits per heavy atom. The molecule has 0 aliphatic heterocycles. The fraction of sp³-hybridized carbons (Fsp3) is 0.625. The lowest BCUT2D eigenvalue weighted by molar-refractivity contribution is 0.199. The maximum Gasteiger partial charge on any atom is 0.0587 e. The van der Waals surface area contributed by atoms with Crippen molar-refractivity contribution < 1.29 is 4.74 Å². The van der Waals surface area contributed by atoms with Gasteiger partial charge in [0, 0.05) is 44.0 Å². The van der Waals surface area contributed by atoms with Crippen LogP contribution in [0.5, 0.6) is 0 Å². The molecule has 1 rings (SSSR count). The highest BCUT2D eigenvalue weighted by Crippen LogP contribution is 2.24. The second-order valence-corrected chi connectivity index (χ2v) is 5.78. The van der Waals surface area contributed by atoms with Crippen LogP contribution in [0.2, 0.25) is 5.02 Å². The number of methoxy groups -OCH3 is 1. The highest BCUT2D eigenvalue weighted by Gasteiger charge is 2.09. The molecular formula is C16H27ClN2O. The molecule has 0 saturated carbocycles. The van der Waals surface area contributed by atoms with Crippen LogP contribution in [0.3, 0.4) is 0 Å². The van der Waals surface area contributed by atoms with Gasteiger partial charge in [0.15, 0.2) is 0 Å². The Morgan fingerprint density at radius 3 is 2.65 bits per heavy atom. The molecule has 0 aliphatic carbocycles. The Morgan fingerprint density at radius 2 is 2.10 bits per heavy atom. The second kappa shape index (κ2) is 9.22. The van der Waals surface area contributed by atoms with Crippen molar-refractivity contribution in [2.75, 3.05) is 38.3 Å². The molecule has 3 nitrogen and oxygen atoms in total. The van der Waals surface area contributed by atoms with Crippen molar-refractivity contribution in [1.82, 2.24) is 5.32 Å². The molecule has 20 heavy (non-hydrogen) atoms. The third-order valence-electron chi connectivity index (χ3n) is 3.17. The predicted molar refractivity (Wildman–Crippen MR) is 87.8 cm³/mol. The van der Waals surface area contributed by atoms with Gasteiger partial charge in [-0.3, -0.25) is 0 Å². The second-order valence-electron chi connectivity index (χ2n) is 5.38. The number of nitrogens with one attached hydrogen (secondary N) is 1. The lowest BCUT2D eigenvalue weighted by atomic mass is 10.1. The SMILES string of the molecule is CCN(CC(C)C)c1ccc(CNCCOC)c(Cl)c1. The van der Waals surface area contributed by atoms with Gasteiger partial charge in [0.2, 0.25) is 0 Å². The minimum atomic E-state index is 0.643. The van der Waals surface area contributed by atoms with Crippen molar-refractivity contribution in [3.05, 3.63) is 28.8 Å². The maximum atomic E-state index is 6.38. The molecule has 114 valence electrons. The summed E-state index contributed by atoms with van der Waals surface area (Å²) in [7, 11) is 1.71. The average Bonchev–Trinajstić information content (AvgIpc) is 2.42. The Hall–Kier alpha value is -0.770. The molecular weight excluding hydrogens is 272 g/mol. The molecule has 0 amide bonds. The molecule has 0 bridgehead atoms. The fourth-order valence-electron chi connectivity index (χ4n) is 2.13. The first kappa shape index (κ1) is 17.3. The van der Waals surface area contributed by atoms with Crippen LogP contribution in [0.15, 0.2) is 18.2 Å². The lowest BCUT2D eigenvalue weighted by Crippen LogP contribution is -2.27. The van der Waals surface area contributed by atoms with Gasteiger partial charge in [-0.2, -0.15) is 0 Å². The summed E-state index contributed by atoms with van der Waals surface area (Å²) >= 11 is 6.38. The number of rotatable bonds is 9. The third-order valence-corrected chi connectivity index (χ3v) is 3.52. The lowest BCUT2D eigenvalue weighted by Gasteiger charge is -2.25. The Balaban J connectivity index is 2.66. The molecule has 1 N–H and O–H groups in total. The molecule has 0 radical (unpaired) electrons. The summed E-state index contributed by atoms with van der Waals surface area (Å²) in [5.74, 6) is 0.643. The number of ether oxygens (including phenoxy) is 1. The van der Waals surface area contributed by atoms with E-state index >= 15 is 0 Å². The van der Waals surface area contributed by atoms with Gasteiger partial charge in [0.1, 0.15) is 0 Å². The number of anilines is 1. The Kier molecular flexibility index (Phi) is 7.97. The van der Waals surface area contributed by atoms with Crippen LogP contribution in [0.4, 0.5) is 5.69 Å². The first-order chi connectivity index (χ1) is 9.58. The smallest absolute Gasteiger partial charge is 0.0587 e. The monoisotopic (exact) mass is 298 g/mol. The summed E-state index contributed by atoms with van der Waals surface area (Å²) in [6.07, 6.45) is 0. The van der Waals surface area contributed by atoms with Crippen molar-refractivity contribution in [3.63, 3.8) is 0 Å². The van der Waals surface area contributed by atoms with E-state index in [-0.39, 0.29) is 0 Å². The van der Waals surface area contributed by atoms with E-state index in [2.05, 4.69) is 49.2 Å². The molecule has 0 aliphatic rings. The van der Waals surface area contributed by atoms with Gasteiger partial charge < -0.3 is 15.0 Å². The topological polar surface area (TPSA) is 24.5 Å². The largest absolute Gasteiger partial charge is 0.383 e. The first-order valence-electron chi connectivity index (χ1n) is 7.31. The minimum Gasteiger partial charge on any atom is -0.383 e. The van der Waals surface area contributed by atoms with Crippen LogP contribution in [0, 0.1) is 5.92 Å². The summed E-state index contributed by atoms with van der Waals surface area (Å²) in [4.78, 5) is 2.36. The van der Waals surface area contributed by atoms with Crippen LogP contribution < -0.4 is 10.2 Å². The average molecular weight is 299 g/mol. The molecule has 4 heteroatoms. The van der Waals surface area contributed by atoms with Crippen molar-refractivity contribution in [2.45, 2.75) is 27.3 Å². The van der Waals surface area contributed by atoms with Crippen LogP contribution >= 0.6 is 11.6 Å². The van der Waals surface area contributed by atoms with Crippen molar-refractivity contribution in [1.29, 1.82) is 0 Å². The zero-order valence-electron chi connectivity index (χ0n) is 13.1. The van der Waals surface area contributed by atoms with Gasteiger partial charge in [-0.25, -0.2) is 0 Å². The standard InChI is InChI=1S/C16H27ClN2O/c1-5-19(12-13(2)3)15-7-6-14(16(17)10-15)11-18-8-9-20-4/h6-7,10,13,18H,5,8-9,11-12H2,1-4H3. The van der Waals surface area contributed by atoms with E-state index in [1.54, 1.807) is 7.11 Å². The van der Waals surface area contributed by atoms with Gasteiger partial charge in [-0.1, -0.05) is 31.5 Å². The molecule has 0 heterocycles. The van der Waals surface area contributed by atoms with Gasteiger partial charge >= 0.3 is 0 Å². The molecule has 0 aromatic heterocycles. The summed E-state index contributed by atoms with van der Waals surface area (Å²) < 4.78 is 5.01. The predicted octanol–water partition coefficient (Wildman–Crippen LogP) is 3.56. The van der Waals surface area contributed by atoms with Gasteiger partial charge in [0.05, 0.1) is 6.61 Å². The highest BCUT2D eigenvalue weighted by molar-refractivity contribution is 6.31. The van der Waals surface area contributed by atoms with Gasteiger partial charge in [-0.05, 0) is 30.5 Å². The van der Waals surface area contributed by atoms with Crippen molar-refractivity contribution in [2.24, 2.45) is 5.92 Å². The van der Waals surface area contributed by atoms with E-state index in [4.69, 9.17) is 16.3 Å². The van der Waals surface area contributed by atoms with E-state index in [1.807, 2.05) is 0 Å². The number of hydrogen-bond acceptors (Lipinski definition) is 3. The number of benzene rings is 1. The van der Waals surface area contributed by atoms with Crippen LogP contribution in [-0.2, 0) is 11.3 Å². The summed E-state index contributed by atoms with van der Waals surface area (Å²) in [5, 5.41) is 4.14. The van der Waals surface area contributed by atoms with Crippen LogP contribution in [-0.4, -0.2) is 33.4 Å². The Bertz CT molecular complexity index is 396. The summed E-state index contributed by atoms with van der Waals surface area (Å²) in [6, 6.07) is 6.34. The number of nitrogens with zero attached hydrogens (tertiary/aromatic N) is 1. The molecule has 0 saturated heterocycles. The zero-order valence-corrected chi connectivity index (χ0v) is 13.8. The summed E-state index contributed by atoms with van der Waals surface area (Å²) in [6.45, 7) is 11.0. The molecule has 1 aromatic rings. The van der Waals surface area contributed by atoms with Crippen LogP contribution in [0.25, 0.3) is 0 Å². The third kappa shape index (κ3) is 5.70. The molecule has 1 aromatic carbocycles. The van der Waals surface area contributed by atoms with E-state index < -0.39 is 0 Å². The van der Waals surface area contributed by atoms with Crippen molar-refractivity contribution in [3.8, 4) is 0 Å². The van der Waals surface area contributed by atoms with Crippen LogP contribution in [0.1, 0.15) is 26.3 Å². The number of hydrogen-bond donors (Lipinski definition) is 1. The van der Waals surface area contributed by atoms with E-state index in [0.717, 1.165) is 36.8 Å². The molecule has 0 unspecified atom stereocenters.